The van der Waals surface area contributed by atoms with Crippen molar-refractivity contribution in [1.82, 2.24) is 4.90 Å². The first kappa shape index (κ1) is 17.9. The Labute approximate surface area is 150 Å². The zero-order chi connectivity index (χ0) is 18.0. The number of anilines is 1. The maximum Gasteiger partial charge on any atom is 0.244 e. The monoisotopic (exact) mass is 366 g/mol. The number of nitrogens with zero attached hydrogens (tertiary/aromatic N) is 1. The van der Waals surface area contributed by atoms with E-state index in [2.05, 4.69) is 5.32 Å². The van der Waals surface area contributed by atoms with E-state index < -0.39 is 11.7 Å². The molecule has 2 fully saturated rings. The van der Waals surface area contributed by atoms with E-state index in [1.165, 1.54) is 12.1 Å². The Kier molecular flexibility index (Phi) is 5.08. The fourth-order valence-corrected chi connectivity index (χ4v) is 3.96. The van der Waals surface area contributed by atoms with Crippen LogP contribution in [-0.2, 0) is 14.4 Å². The first-order chi connectivity index (χ1) is 11.9. The number of imide groups is 1. The molecule has 134 valence electrons. The molecule has 3 rings (SSSR count). The SMILES string of the molecule is O=C(CN1C(=O)CC2(CCCCC2)CC1=O)Nc1ccc(F)c(Cl)c1. The van der Waals surface area contributed by atoms with Gasteiger partial charge in [0.2, 0.25) is 17.7 Å². The van der Waals surface area contributed by atoms with Gasteiger partial charge in [0, 0.05) is 18.5 Å². The molecule has 3 amide bonds. The van der Waals surface area contributed by atoms with Crippen molar-refractivity contribution in [2.75, 3.05) is 11.9 Å². The minimum atomic E-state index is -0.584. The lowest BCUT2D eigenvalue weighted by atomic mass is 9.67. The molecule has 7 heteroatoms. The van der Waals surface area contributed by atoms with Crippen LogP contribution in [0.4, 0.5) is 10.1 Å². The highest BCUT2D eigenvalue weighted by molar-refractivity contribution is 6.31. The van der Waals surface area contributed by atoms with Gasteiger partial charge in [-0.3, -0.25) is 19.3 Å². The minimum absolute atomic E-state index is 0.109. The van der Waals surface area contributed by atoms with Gasteiger partial charge in [0.15, 0.2) is 0 Å². The minimum Gasteiger partial charge on any atom is -0.324 e. The summed E-state index contributed by atoms with van der Waals surface area (Å²) in [6, 6.07) is 3.80. The van der Waals surface area contributed by atoms with Crippen LogP contribution < -0.4 is 5.32 Å². The van der Waals surface area contributed by atoms with Crippen LogP contribution in [0.5, 0.6) is 0 Å². The number of carbonyl (C=O) groups excluding carboxylic acids is 3. The van der Waals surface area contributed by atoms with Crippen LogP contribution in [0.15, 0.2) is 18.2 Å². The predicted molar refractivity (Wildman–Crippen MR) is 91.5 cm³/mol. The number of piperidine rings is 1. The average Bonchev–Trinajstić information content (AvgIpc) is 2.55. The highest BCUT2D eigenvalue weighted by Crippen LogP contribution is 2.45. The van der Waals surface area contributed by atoms with Crippen LogP contribution >= 0.6 is 11.6 Å². The second kappa shape index (κ2) is 7.12. The standard InChI is InChI=1S/C18H20ClFN2O3/c19-13-8-12(4-5-14(13)20)21-15(23)11-22-16(24)9-18(10-17(22)25)6-2-1-3-7-18/h4-5,8H,1-3,6-7,9-11H2,(H,21,23). The molecule has 0 radical (unpaired) electrons. The number of likely N-dealkylation sites (tertiary alicyclic amines) is 1. The molecule has 25 heavy (non-hydrogen) atoms. The Bertz CT molecular complexity index is 696. The van der Waals surface area contributed by atoms with E-state index >= 15 is 0 Å². The number of carbonyl (C=O) groups is 3. The lowest BCUT2D eigenvalue weighted by Gasteiger charge is -2.42. The summed E-state index contributed by atoms with van der Waals surface area (Å²) < 4.78 is 13.1. The van der Waals surface area contributed by atoms with Crippen molar-refractivity contribution in [1.29, 1.82) is 0 Å². The van der Waals surface area contributed by atoms with Crippen molar-refractivity contribution in [3.63, 3.8) is 0 Å². The summed E-state index contributed by atoms with van der Waals surface area (Å²) in [5, 5.41) is 2.42. The maximum atomic E-state index is 13.1. The zero-order valence-corrected chi connectivity index (χ0v) is 14.6. The van der Waals surface area contributed by atoms with E-state index in [9.17, 15) is 18.8 Å². The Hall–Kier alpha value is -1.95. The lowest BCUT2D eigenvalue weighted by molar-refractivity contribution is -0.156. The smallest absolute Gasteiger partial charge is 0.244 e. The molecule has 1 aromatic rings. The van der Waals surface area contributed by atoms with Gasteiger partial charge in [-0.1, -0.05) is 30.9 Å². The molecule has 0 aromatic heterocycles. The molecule has 5 nitrogen and oxygen atoms in total. The fraction of sp³-hybridized carbons (Fsp3) is 0.500. The predicted octanol–water partition coefficient (Wildman–Crippen LogP) is 3.52. The van der Waals surface area contributed by atoms with Crippen molar-refractivity contribution in [2.24, 2.45) is 5.41 Å². The molecule has 1 heterocycles. The fourth-order valence-electron chi connectivity index (χ4n) is 3.78. The summed E-state index contributed by atoms with van der Waals surface area (Å²) in [5.41, 5.74) is 0.112. The van der Waals surface area contributed by atoms with Gasteiger partial charge in [0.05, 0.1) is 5.02 Å². The number of rotatable bonds is 3. The van der Waals surface area contributed by atoms with E-state index in [1.54, 1.807) is 0 Å². The number of amides is 3. The van der Waals surface area contributed by atoms with Gasteiger partial charge in [-0.2, -0.15) is 0 Å². The summed E-state index contributed by atoms with van der Waals surface area (Å²) in [6.45, 7) is -0.331. The highest BCUT2D eigenvalue weighted by Gasteiger charge is 2.44. The van der Waals surface area contributed by atoms with Crippen LogP contribution in [0.1, 0.15) is 44.9 Å². The van der Waals surface area contributed by atoms with E-state index in [-0.39, 0.29) is 28.8 Å². The summed E-state index contributed by atoms with van der Waals surface area (Å²) >= 11 is 5.67. The number of hydrogen-bond donors (Lipinski definition) is 1. The summed E-state index contributed by atoms with van der Waals surface area (Å²) in [5.74, 6) is -1.67. The molecule has 0 bridgehead atoms. The molecule has 1 aromatic carbocycles. The molecule has 1 N–H and O–H groups in total. The highest BCUT2D eigenvalue weighted by atomic mass is 35.5. The Morgan fingerprint density at radius 2 is 1.80 bits per heavy atom. The molecule has 1 aliphatic carbocycles. The van der Waals surface area contributed by atoms with E-state index in [0.29, 0.717) is 18.5 Å². The van der Waals surface area contributed by atoms with Crippen molar-refractivity contribution < 1.29 is 18.8 Å². The molecule has 0 unspecified atom stereocenters. The van der Waals surface area contributed by atoms with E-state index in [1.807, 2.05) is 0 Å². The topological polar surface area (TPSA) is 66.5 Å². The van der Waals surface area contributed by atoms with Crippen molar-refractivity contribution >= 4 is 35.0 Å². The van der Waals surface area contributed by atoms with Crippen LogP contribution in [-0.4, -0.2) is 29.2 Å². The number of benzene rings is 1. The second-order valence-electron chi connectivity index (χ2n) is 6.96. The summed E-state index contributed by atoms with van der Waals surface area (Å²) in [6.07, 6.45) is 5.70. The molecule has 2 aliphatic rings. The maximum absolute atomic E-state index is 13.1. The van der Waals surface area contributed by atoms with E-state index in [0.717, 1.165) is 43.1 Å². The quantitative estimate of drug-likeness (QED) is 0.832. The first-order valence-corrected chi connectivity index (χ1v) is 8.84. The summed E-state index contributed by atoms with van der Waals surface area (Å²) in [4.78, 5) is 38.0. The average molecular weight is 367 g/mol. The largest absolute Gasteiger partial charge is 0.324 e. The van der Waals surface area contributed by atoms with Crippen molar-refractivity contribution in [3.8, 4) is 0 Å². The van der Waals surface area contributed by atoms with Crippen LogP contribution in [0.25, 0.3) is 0 Å². The molecule has 1 spiro atoms. The van der Waals surface area contributed by atoms with Crippen LogP contribution in [0, 0.1) is 11.2 Å². The zero-order valence-electron chi connectivity index (χ0n) is 13.8. The third-order valence-corrected chi connectivity index (χ3v) is 5.36. The van der Waals surface area contributed by atoms with Crippen molar-refractivity contribution in [3.05, 3.63) is 29.0 Å². The van der Waals surface area contributed by atoms with Gasteiger partial charge < -0.3 is 5.32 Å². The van der Waals surface area contributed by atoms with Gasteiger partial charge in [0.25, 0.3) is 0 Å². The lowest BCUT2D eigenvalue weighted by Crippen LogP contribution is -2.51. The Morgan fingerprint density at radius 3 is 2.40 bits per heavy atom. The normalized spacial score (nSPS) is 20.0. The first-order valence-electron chi connectivity index (χ1n) is 8.47. The number of hydrogen-bond acceptors (Lipinski definition) is 3. The number of halogens is 2. The van der Waals surface area contributed by atoms with Crippen LogP contribution in [0.2, 0.25) is 5.02 Å². The van der Waals surface area contributed by atoms with E-state index in [4.69, 9.17) is 11.6 Å². The van der Waals surface area contributed by atoms with Gasteiger partial charge in [0.1, 0.15) is 12.4 Å². The third-order valence-electron chi connectivity index (χ3n) is 5.07. The molecule has 1 saturated carbocycles. The number of nitrogens with one attached hydrogen (secondary N) is 1. The third kappa shape index (κ3) is 4.00. The van der Waals surface area contributed by atoms with Crippen LogP contribution in [0.3, 0.4) is 0 Å². The van der Waals surface area contributed by atoms with Crippen molar-refractivity contribution in [2.45, 2.75) is 44.9 Å². The van der Waals surface area contributed by atoms with Gasteiger partial charge in [-0.25, -0.2) is 4.39 Å². The Morgan fingerprint density at radius 1 is 1.16 bits per heavy atom. The molecule has 1 aliphatic heterocycles. The molecule has 0 atom stereocenters. The summed E-state index contributed by atoms with van der Waals surface area (Å²) in [7, 11) is 0. The molecular formula is C18H20ClFN2O3. The molecule has 1 saturated heterocycles. The second-order valence-corrected chi connectivity index (χ2v) is 7.37. The van der Waals surface area contributed by atoms with Gasteiger partial charge in [-0.15, -0.1) is 0 Å². The molecular weight excluding hydrogens is 347 g/mol. The van der Waals surface area contributed by atoms with Gasteiger partial charge in [-0.05, 0) is 36.5 Å². The van der Waals surface area contributed by atoms with Gasteiger partial charge >= 0.3 is 0 Å². The Balaban J connectivity index is 1.62.